The van der Waals surface area contributed by atoms with Crippen molar-refractivity contribution in [2.24, 2.45) is 4.99 Å². The van der Waals surface area contributed by atoms with Gasteiger partial charge in [-0.2, -0.15) is 0 Å². The van der Waals surface area contributed by atoms with Crippen molar-refractivity contribution in [1.29, 1.82) is 0 Å². The third kappa shape index (κ3) is 5.60. The van der Waals surface area contributed by atoms with E-state index in [1.54, 1.807) is 37.4 Å². The zero-order valence-electron chi connectivity index (χ0n) is 14.9. The van der Waals surface area contributed by atoms with Crippen LogP contribution in [0.3, 0.4) is 0 Å². The molecule has 1 N–H and O–H groups in total. The zero-order valence-corrected chi connectivity index (χ0v) is 15.8. The Morgan fingerprint density at radius 3 is 2.32 bits per heavy atom. The Hall–Kier alpha value is -2.34. The predicted molar refractivity (Wildman–Crippen MR) is 103 cm³/mol. The quantitative estimate of drug-likeness (QED) is 0.636. The van der Waals surface area contributed by atoms with E-state index in [0.29, 0.717) is 23.9 Å². The van der Waals surface area contributed by atoms with Gasteiger partial charge in [0.15, 0.2) is 15.8 Å². The molecular weight excluding hydrogens is 334 g/mol. The first-order valence-electron chi connectivity index (χ1n) is 8.17. The first kappa shape index (κ1) is 19.0. The molecule has 0 saturated carbocycles. The summed E-state index contributed by atoms with van der Waals surface area (Å²) in [5.74, 6) is 0.692. The fourth-order valence-corrected chi connectivity index (χ4v) is 3.65. The van der Waals surface area contributed by atoms with Gasteiger partial charge in [-0.1, -0.05) is 48.0 Å². The van der Waals surface area contributed by atoms with Crippen LogP contribution < -0.4 is 5.32 Å². The molecule has 0 amide bonds. The fraction of sp³-hybridized carbons (Fsp3) is 0.316. The van der Waals surface area contributed by atoms with Gasteiger partial charge in [-0.3, -0.25) is 4.99 Å². The average Bonchev–Trinajstić information content (AvgIpc) is 2.61. The lowest BCUT2D eigenvalue weighted by Gasteiger charge is -2.22. The van der Waals surface area contributed by atoms with Crippen molar-refractivity contribution in [3.63, 3.8) is 0 Å². The van der Waals surface area contributed by atoms with E-state index in [1.165, 1.54) is 11.1 Å². The van der Waals surface area contributed by atoms with Gasteiger partial charge >= 0.3 is 0 Å². The van der Waals surface area contributed by atoms with Crippen LogP contribution in [0.2, 0.25) is 0 Å². The summed E-state index contributed by atoms with van der Waals surface area (Å²) in [5, 5.41) is 3.12. The third-order valence-electron chi connectivity index (χ3n) is 3.87. The van der Waals surface area contributed by atoms with E-state index in [0.717, 1.165) is 0 Å². The van der Waals surface area contributed by atoms with Gasteiger partial charge < -0.3 is 10.2 Å². The van der Waals surface area contributed by atoms with Gasteiger partial charge in [0.2, 0.25) is 0 Å². The topological polar surface area (TPSA) is 61.8 Å². The Kier molecular flexibility index (Phi) is 6.58. The summed E-state index contributed by atoms with van der Waals surface area (Å²) < 4.78 is 24.6. The minimum atomic E-state index is -3.29. The average molecular weight is 359 g/mol. The minimum absolute atomic E-state index is 0.0222. The van der Waals surface area contributed by atoms with E-state index >= 15 is 0 Å². The van der Waals surface area contributed by atoms with Gasteiger partial charge in [0.05, 0.1) is 10.6 Å². The predicted octanol–water partition coefficient (Wildman–Crippen LogP) is 2.48. The molecule has 0 radical (unpaired) electrons. The molecule has 0 atom stereocenters. The maximum Gasteiger partial charge on any atom is 0.193 e. The van der Waals surface area contributed by atoms with Crippen molar-refractivity contribution >= 4 is 15.8 Å². The fourth-order valence-electron chi connectivity index (χ4n) is 2.47. The number of benzene rings is 2. The Morgan fingerprint density at radius 2 is 1.72 bits per heavy atom. The number of rotatable bonds is 6. The molecule has 0 heterocycles. The number of aliphatic imine (C=N–C) groups is 1. The molecule has 6 heteroatoms. The number of guanidine groups is 1. The highest BCUT2D eigenvalue weighted by molar-refractivity contribution is 7.91. The molecule has 2 aromatic rings. The van der Waals surface area contributed by atoms with E-state index in [1.807, 2.05) is 11.9 Å². The second-order valence-electron chi connectivity index (χ2n) is 5.95. The first-order valence-corrected chi connectivity index (χ1v) is 9.83. The highest BCUT2D eigenvalue weighted by Gasteiger charge is 2.14. The molecule has 0 aliphatic carbocycles. The summed E-state index contributed by atoms with van der Waals surface area (Å²) in [7, 11) is 0.336. The summed E-state index contributed by atoms with van der Waals surface area (Å²) in [6, 6.07) is 16.8. The molecule has 0 saturated heterocycles. The molecule has 0 fully saturated rings. The van der Waals surface area contributed by atoms with Gasteiger partial charge in [-0.25, -0.2) is 8.42 Å². The lowest BCUT2D eigenvalue weighted by atomic mass is 10.1. The summed E-state index contributed by atoms with van der Waals surface area (Å²) in [4.78, 5) is 6.55. The van der Waals surface area contributed by atoms with Crippen LogP contribution >= 0.6 is 0 Å². The van der Waals surface area contributed by atoms with E-state index in [2.05, 4.69) is 41.5 Å². The van der Waals surface area contributed by atoms with Gasteiger partial charge in [0.1, 0.15) is 0 Å². The van der Waals surface area contributed by atoms with Gasteiger partial charge in [0.25, 0.3) is 0 Å². The van der Waals surface area contributed by atoms with Crippen molar-refractivity contribution in [2.45, 2.75) is 18.4 Å². The first-order chi connectivity index (χ1) is 11.9. The smallest absolute Gasteiger partial charge is 0.193 e. The normalized spacial score (nSPS) is 12.0. The highest BCUT2D eigenvalue weighted by Crippen LogP contribution is 2.09. The maximum absolute atomic E-state index is 12.3. The van der Waals surface area contributed by atoms with Gasteiger partial charge in [-0.05, 0) is 24.6 Å². The molecule has 134 valence electrons. The molecule has 0 unspecified atom stereocenters. The molecule has 2 aromatic carbocycles. The standard InChI is InChI=1S/C19H25N3O2S/c1-16-9-11-17(12-10-16)15-22(3)19(20-2)21-13-14-25(23,24)18-7-5-4-6-8-18/h4-12H,13-15H2,1-3H3,(H,20,21). The number of hydrogen-bond donors (Lipinski definition) is 1. The Labute approximate surface area is 150 Å². The molecule has 0 spiro atoms. The summed E-state index contributed by atoms with van der Waals surface area (Å²) in [6.07, 6.45) is 0. The molecule has 25 heavy (non-hydrogen) atoms. The van der Waals surface area contributed by atoms with Crippen LogP contribution in [-0.4, -0.2) is 45.7 Å². The largest absolute Gasteiger partial charge is 0.355 e. The second kappa shape index (κ2) is 8.67. The van der Waals surface area contributed by atoms with E-state index in [4.69, 9.17) is 0 Å². The van der Waals surface area contributed by atoms with Crippen molar-refractivity contribution < 1.29 is 8.42 Å². The monoisotopic (exact) mass is 359 g/mol. The molecule has 0 bridgehead atoms. The van der Waals surface area contributed by atoms with Crippen LogP contribution in [0.15, 0.2) is 64.5 Å². The molecule has 0 aromatic heterocycles. The Bertz CT molecular complexity index is 800. The maximum atomic E-state index is 12.3. The summed E-state index contributed by atoms with van der Waals surface area (Å²) in [5.41, 5.74) is 2.40. The van der Waals surface area contributed by atoms with Crippen LogP contribution in [0.25, 0.3) is 0 Å². The van der Waals surface area contributed by atoms with Crippen molar-refractivity contribution in [2.75, 3.05) is 26.4 Å². The molecule has 2 rings (SSSR count). The van der Waals surface area contributed by atoms with Crippen LogP contribution in [0.4, 0.5) is 0 Å². The molecule has 0 aliphatic heterocycles. The third-order valence-corrected chi connectivity index (χ3v) is 5.60. The van der Waals surface area contributed by atoms with Crippen LogP contribution in [0, 0.1) is 6.92 Å². The summed E-state index contributed by atoms with van der Waals surface area (Å²) in [6.45, 7) is 3.06. The van der Waals surface area contributed by atoms with E-state index < -0.39 is 9.84 Å². The molecule has 0 aliphatic rings. The number of nitrogens with zero attached hydrogens (tertiary/aromatic N) is 2. The van der Waals surface area contributed by atoms with Crippen LogP contribution in [0.1, 0.15) is 11.1 Å². The number of sulfone groups is 1. The van der Waals surface area contributed by atoms with Crippen LogP contribution in [-0.2, 0) is 16.4 Å². The lowest BCUT2D eigenvalue weighted by Crippen LogP contribution is -2.40. The van der Waals surface area contributed by atoms with E-state index in [9.17, 15) is 8.42 Å². The SMILES string of the molecule is CN=C(NCCS(=O)(=O)c1ccccc1)N(C)Cc1ccc(C)cc1. The van der Waals surface area contributed by atoms with Crippen molar-refractivity contribution in [3.05, 3.63) is 65.7 Å². The highest BCUT2D eigenvalue weighted by atomic mass is 32.2. The number of hydrogen-bond acceptors (Lipinski definition) is 3. The van der Waals surface area contributed by atoms with Gasteiger partial charge in [0, 0.05) is 27.2 Å². The number of nitrogens with one attached hydrogen (secondary N) is 1. The van der Waals surface area contributed by atoms with Crippen molar-refractivity contribution in [1.82, 2.24) is 10.2 Å². The zero-order chi connectivity index (χ0) is 18.3. The number of aryl methyl sites for hydroxylation is 1. The van der Waals surface area contributed by atoms with Crippen molar-refractivity contribution in [3.8, 4) is 0 Å². The van der Waals surface area contributed by atoms with Crippen LogP contribution in [0.5, 0.6) is 0 Å². The molecule has 5 nitrogen and oxygen atoms in total. The Balaban J connectivity index is 1.90. The van der Waals surface area contributed by atoms with E-state index in [-0.39, 0.29) is 5.75 Å². The Morgan fingerprint density at radius 1 is 1.08 bits per heavy atom. The molecular formula is C19H25N3O2S. The van der Waals surface area contributed by atoms with Gasteiger partial charge in [-0.15, -0.1) is 0 Å². The second-order valence-corrected chi connectivity index (χ2v) is 8.06. The minimum Gasteiger partial charge on any atom is -0.355 e. The summed E-state index contributed by atoms with van der Waals surface area (Å²) >= 11 is 0. The lowest BCUT2D eigenvalue weighted by molar-refractivity contribution is 0.478.